The zero-order valence-corrected chi connectivity index (χ0v) is 9.50. The molecule has 0 spiro atoms. The van der Waals surface area contributed by atoms with Crippen molar-refractivity contribution < 1.29 is 5.11 Å². The molecule has 0 aliphatic rings. The van der Waals surface area contributed by atoms with Crippen molar-refractivity contribution in [1.82, 2.24) is 9.55 Å². The number of imidazole rings is 1. The number of aliphatic hydroxyl groups is 1. The van der Waals surface area contributed by atoms with E-state index in [0.29, 0.717) is 0 Å². The fourth-order valence-electron chi connectivity index (χ4n) is 1.50. The third kappa shape index (κ3) is 2.27. The van der Waals surface area contributed by atoms with Crippen molar-refractivity contribution in [2.24, 2.45) is 0 Å². The minimum Gasteiger partial charge on any atom is -0.388 e. The smallest absolute Gasteiger partial charge is 0.134 e. The predicted molar refractivity (Wildman–Crippen MR) is 60.9 cm³/mol. The Morgan fingerprint density at radius 1 is 1.40 bits per heavy atom. The number of nitrogens with zero attached hydrogens (tertiary/aromatic N) is 2. The summed E-state index contributed by atoms with van der Waals surface area (Å²) in [5.41, 5.74) is 0. The zero-order valence-electron chi connectivity index (χ0n) is 8.68. The number of rotatable bonds is 4. The molecule has 0 fully saturated rings. The van der Waals surface area contributed by atoms with Crippen LogP contribution in [0.3, 0.4) is 0 Å². The van der Waals surface area contributed by atoms with Crippen molar-refractivity contribution in [3.05, 3.63) is 40.1 Å². The Labute approximate surface area is 93.0 Å². The highest BCUT2D eigenvalue weighted by Gasteiger charge is 2.03. The van der Waals surface area contributed by atoms with Gasteiger partial charge in [0.05, 0.1) is 6.54 Å². The lowest BCUT2D eigenvalue weighted by Crippen LogP contribution is -2.02. The largest absolute Gasteiger partial charge is 0.388 e. The summed E-state index contributed by atoms with van der Waals surface area (Å²) >= 11 is 1.82. The standard InChI is InChI=1S/C11H14N2OS/c1-2-9-3-4-10(15-9)7-13-6-5-12-11(13)8-14/h3-6,14H,2,7-8H2,1H3. The second-order valence-corrected chi connectivity index (χ2v) is 4.60. The van der Waals surface area contributed by atoms with Gasteiger partial charge in [-0.15, -0.1) is 11.3 Å². The van der Waals surface area contributed by atoms with Crippen LogP contribution in [0.25, 0.3) is 0 Å². The van der Waals surface area contributed by atoms with Gasteiger partial charge in [0.2, 0.25) is 0 Å². The van der Waals surface area contributed by atoms with Crippen LogP contribution < -0.4 is 0 Å². The molecule has 0 amide bonds. The normalized spacial score (nSPS) is 10.8. The molecule has 0 saturated heterocycles. The zero-order chi connectivity index (χ0) is 10.7. The molecule has 0 radical (unpaired) electrons. The van der Waals surface area contributed by atoms with E-state index < -0.39 is 0 Å². The third-order valence-electron chi connectivity index (χ3n) is 2.34. The van der Waals surface area contributed by atoms with Crippen LogP contribution in [0.4, 0.5) is 0 Å². The fraction of sp³-hybridized carbons (Fsp3) is 0.364. The Kier molecular flexibility index (Phi) is 3.18. The fourth-order valence-corrected chi connectivity index (χ4v) is 2.46. The molecule has 1 N–H and O–H groups in total. The second-order valence-electron chi connectivity index (χ2n) is 3.35. The van der Waals surface area contributed by atoms with Gasteiger partial charge in [-0.2, -0.15) is 0 Å². The Balaban J connectivity index is 2.14. The quantitative estimate of drug-likeness (QED) is 0.859. The molecule has 2 aromatic rings. The summed E-state index contributed by atoms with van der Waals surface area (Å²) in [4.78, 5) is 6.78. The van der Waals surface area contributed by atoms with Crippen molar-refractivity contribution >= 4 is 11.3 Å². The van der Waals surface area contributed by atoms with Gasteiger partial charge >= 0.3 is 0 Å². The third-order valence-corrected chi connectivity index (χ3v) is 3.55. The van der Waals surface area contributed by atoms with Gasteiger partial charge < -0.3 is 9.67 Å². The van der Waals surface area contributed by atoms with Crippen LogP contribution in [0.5, 0.6) is 0 Å². The Morgan fingerprint density at radius 3 is 2.87 bits per heavy atom. The summed E-state index contributed by atoms with van der Waals surface area (Å²) in [6.07, 6.45) is 4.71. The van der Waals surface area contributed by atoms with Crippen molar-refractivity contribution in [1.29, 1.82) is 0 Å². The molecule has 3 nitrogen and oxygen atoms in total. The van der Waals surface area contributed by atoms with E-state index in [0.717, 1.165) is 18.8 Å². The summed E-state index contributed by atoms with van der Waals surface area (Å²) in [5.74, 6) is 0.724. The lowest BCUT2D eigenvalue weighted by molar-refractivity contribution is 0.266. The van der Waals surface area contributed by atoms with Crippen molar-refractivity contribution in [3.8, 4) is 0 Å². The van der Waals surface area contributed by atoms with E-state index in [1.54, 1.807) is 6.20 Å². The summed E-state index contributed by atoms with van der Waals surface area (Å²) in [7, 11) is 0. The molecule has 0 aliphatic heterocycles. The predicted octanol–water partition coefficient (Wildman–Crippen LogP) is 2.05. The summed E-state index contributed by atoms with van der Waals surface area (Å²) in [6, 6.07) is 4.31. The van der Waals surface area contributed by atoms with E-state index in [2.05, 4.69) is 24.0 Å². The molecule has 0 aromatic carbocycles. The molecule has 0 saturated carbocycles. The van der Waals surface area contributed by atoms with Gasteiger partial charge in [-0.3, -0.25) is 0 Å². The maximum atomic E-state index is 9.06. The molecule has 0 bridgehead atoms. The van der Waals surface area contributed by atoms with E-state index in [1.807, 2.05) is 22.1 Å². The lowest BCUT2D eigenvalue weighted by Gasteiger charge is -2.03. The van der Waals surface area contributed by atoms with Crippen molar-refractivity contribution in [2.45, 2.75) is 26.5 Å². The maximum Gasteiger partial charge on any atom is 0.134 e. The average Bonchev–Trinajstić information content (AvgIpc) is 2.87. The van der Waals surface area contributed by atoms with Crippen LogP contribution in [-0.4, -0.2) is 14.7 Å². The summed E-state index contributed by atoms with van der Waals surface area (Å²) < 4.78 is 1.98. The molecule has 2 rings (SSSR count). The number of aryl methyl sites for hydroxylation is 1. The lowest BCUT2D eigenvalue weighted by atomic mass is 10.3. The maximum absolute atomic E-state index is 9.06. The van der Waals surface area contributed by atoms with E-state index in [9.17, 15) is 0 Å². The summed E-state index contributed by atoms with van der Waals surface area (Å²) in [6.45, 7) is 2.96. The SMILES string of the molecule is CCc1ccc(Cn2ccnc2CO)s1. The Hall–Kier alpha value is -1.13. The van der Waals surface area contributed by atoms with Gasteiger partial charge in [-0.1, -0.05) is 6.92 Å². The van der Waals surface area contributed by atoms with E-state index in [-0.39, 0.29) is 6.61 Å². The van der Waals surface area contributed by atoms with Crippen molar-refractivity contribution in [3.63, 3.8) is 0 Å². The number of hydrogen-bond donors (Lipinski definition) is 1. The van der Waals surface area contributed by atoms with Gasteiger partial charge in [0.1, 0.15) is 12.4 Å². The minimum atomic E-state index is -0.000982. The van der Waals surface area contributed by atoms with Crippen LogP contribution in [0.1, 0.15) is 22.5 Å². The molecule has 0 atom stereocenters. The first-order chi connectivity index (χ1) is 7.33. The van der Waals surface area contributed by atoms with Crippen LogP contribution in [0, 0.1) is 0 Å². The van der Waals surface area contributed by atoms with Gasteiger partial charge in [0.25, 0.3) is 0 Å². The van der Waals surface area contributed by atoms with Crippen LogP contribution in [0.15, 0.2) is 24.5 Å². The number of thiophene rings is 1. The van der Waals surface area contributed by atoms with Crippen molar-refractivity contribution in [2.75, 3.05) is 0 Å². The van der Waals surface area contributed by atoms with Gasteiger partial charge in [-0.25, -0.2) is 4.98 Å². The molecule has 15 heavy (non-hydrogen) atoms. The molecular weight excluding hydrogens is 208 g/mol. The highest BCUT2D eigenvalue weighted by atomic mass is 32.1. The first-order valence-electron chi connectivity index (χ1n) is 5.02. The first-order valence-corrected chi connectivity index (χ1v) is 5.83. The van der Waals surface area contributed by atoms with Crippen LogP contribution in [-0.2, 0) is 19.6 Å². The molecule has 80 valence electrons. The average molecular weight is 222 g/mol. The molecule has 2 aromatic heterocycles. The molecular formula is C11H14N2OS. The van der Waals surface area contributed by atoms with Crippen LogP contribution in [0.2, 0.25) is 0 Å². The number of hydrogen-bond acceptors (Lipinski definition) is 3. The highest BCUT2D eigenvalue weighted by molar-refractivity contribution is 7.11. The van der Waals surface area contributed by atoms with Gasteiger partial charge in [0.15, 0.2) is 0 Å². The van der Waals surface area contributed by atoms with Gasteiger partial charge in [0, 0.05) is 22.1 Å². The van der Waals surface area contributed by atoms with E-state index in [4.69, 9.17) is 5.11 Å². The Bertz CT molecular complexity index is 433. The molecule has 4 heteroatoms. The minimum absolute atomic E-state index is 0.000982. The van der Waals surface area contributed by atoms with Gasteiger partial charge in [-0.05, 0) is 18.6 Å². The summed E-state index contributed by atoms with van der Waals surface area (Å²) in [5, 5.41) is 9.06. The molecule has 2 heterocycles. The molecule has 0 unspecified atom stereocenters. The highest BCUT2D eigenvalue weighted by Crippen LogP contribution is 2.18. The second kappa shape index (κ2) is 4.59. The van der Waals surface area contributed by atoms with Crippen LogP contribution >= 0.6 is 11.3 Å². The first kappa shape index (κ1) is 10.4. The van der Waals surface area contributed by atoms with E-state index in [1.165, 1.54) is 9.75 Å². The number of aromatic nitrogens is 2. The molecule has 0 aliphatic carbocycles. The monoisotopic (exact) mass is 222 g/mol. The van der Waals surface area contributed by atoms with E-state index >= 15 is 0 Å². The Morgan fingerprint density at radius 2 is 2.20 bits per heavy atom. The topological polar surface area (TPSA) is 38.0 Å². The number of aliphatic hydroxyl groups excluding tert-OH is 1.